The van der Waals surface area contributed by atoms with Crippen molar-refractivity contribution in [3.8, 4) is 11.5 Å². The van der Waals surface area contributed by atoms with Crippen LogP contribution in [0.3, 0.4) is 0 Å². The molecule has 1 saturated heterocycles. The molecular formula is C15H16Cl3NO2S. The van der Waals surface area contributed by atoms with Crippen LogP contribution in [0.15, 0.2) is 18.2 Å². The van der Waals surface area contributed by atoms with E-state index >= 15 is 0 Å². The molecule has 0 radical (unpaired) electrons. The fraction of sp³-hybridized carbons (Fsp3) is 0.533. The maximum Gasteiger partial charge on any atom is 0.264 e. The number of halogens is 3. The summed E-state index contributed by atoms with van der Waals surface area (Å²) in [5, 5.41) is 1.02. The minimum absolute atomic E-state index is 0.141. The largest absolute Gasteiger partial charge is 0.491 e. The molecule has 0 N–H and O–H groups in total. The first-order valence-corrected chi connectivity index (χ1v) is 8.77. The van der Waals surface area contributed by atoms with Gasteiger partial charge in [0.2, 0.25) is 0 Å². The lowest BCUT2D eigenvalue weighted by Crippen LogP contribution is -2.30. The molecule has 22 heavy (non-hydrogen) atoms. The first-order valence-electron chi connectivity index (χ1n) is 7.22. The predicted molar refractivity (Wildman–Crippen MR) is 93.5 cm³/mol. The van der Waals surface area contributed by atoms with Crippen molar-refractivity contribution in [2.45, 2.75) is 23.6 Å². The van der Waals surface area contributed by atoms with E-state index in [9.17, 15) is 0 Å². The number of rotatable bonds is 4. The van der Waals surface area contributed by atoms with Crippen molar-refractivity contribution < 1.29 is 9.47 Å². The van der Waals surface area contributed by atoms with Crippen molar-refractivity contribution >= 4 is 52.2 Å². The van der Waals surface area contributed by atoms with Crippen LogP contribution >= 0.6 is 47.0 Å². The van der Waals surface area contributed by atoms with Crippen LogP contribution < -0.4 is 9.47 Å². The zero-order valence-corrected chi connectivity index (χ0v) is 14.9. The summed E-state index contributed by atoms with van der Waals surface area (Å²) >= 11 is 23.4. The molecule has 1 aliphatic heterocycles. The average Bonchev–Trinajstić information content (AvgIpc) is 2.91. The molecule has 0 amide bonds. The SMILES string of the molecule is S=C(Oc1ccc(Cl)c(OCC2CC2(Cl)Cl)c1)N1CCCC1. The Labute approximate surface area is 150 Å². The van der Waals surface area contributed by atoms with Crippen molar-refractivity contribution in [2.75, 3.05) is 19.7 Å². The molecule has 2 fully saturated rings. The minimum Gasteiger partial charge on any atom is -0.491 e. The van der Waals surface area contributed by atoms with E-state index in [-0.39, 0.29) is 5.92 Å². The number of likely N-dealkylation sites (tertiary alicyclic amines) is 1. The number of nitrogens with zero attached hydrogens (tertiary/aromatic N) is 1. The van der Waals surface area contributed by atoms with Gasteiger partial charge in [0.1, 0.15) is 15.8 Å². The second-order valence-electron chi connectivity index (χ2n) is 5.63. The highest BCUT2D eigenvalue weighted by Crippen LogP contribution is 2.53. The third-order valence-electron chi connectivity index (χ3n) is 3.87. The molecule has 1 saturated carbocycles. The van der Waals surface area contributed by atoms with Crippen molar-refractivity contribution in [2.24, 2.45) is 5.92 Å². The van der Waals surface area contributed by atoms with Crippen molar-refractivity contribution in [1.29, 1.82) is 0 Å². The number of hydrogen-bond acceptors (Lipinski definition) is 3. The van der Waals surface area contributed by atoms with Gasteiger partial charge < -0.3 is 14.4 Å². The highest BCUT2D eigenvalue weighted by atomic mass is 35.5. The molecule has 1 aliphatic carbocycles. The second-order valence-corrected chi connectivity index (χ2v) is 7.93. The van der Waals surface area contributed by atoms with Gasteiger partial charge in [-0.05, 0) is 43.6 Å². The summed E-state index contributed by atoms with van der Waals surface area (Å²) in [6.07, 6.45) is 3.04. The Morgan fingerprint density at radius 2 is 2.00 bits per heavy atom. The number of benzene rings is 1. The average molecular weight is 381 g/mol. The molecule has 0 spiro atoms. The van der Waals surface area contributed by atoms with E-state index in [1.54, 1.807) is 18.2 Å². The standard InChI is InChI=1S/C15H16Cl3NO2S/c16-12-4-3-11(21-14(22)19-5-1-2-6-19)7-13(12)20-9-10-8-15(10,17)18/h3-4,7,10H,1-2,5-6,8-9H2. The summed E-state index contributed by atoms with van der Waals surface area (Å²) in [6.45, 7) is 2.34. The molecule has 3 rings (SSSR count). The fourth-order valence-corrected chi connectivity index (χ4v) is 3.31. The predicted octanol–water partition coefficient (Wildman–Crippen LogP) is 4.67. The third kappa shape index (κ3) is 3.91. The lowest BCUT2D eigenvalue weighted by Gasteiger charge is -2.18. The highest BCUT2D eigenvalue weighted by Gasteiger charge is 2.52. The second kappa shape index (κ2) is 6.60. The Morgan fingerprint density at radius 3 is 2.64 bits per heavy atom. The van der Waals surface area contributed by atoms with Gasteiger partial charge in [0.05, 0.1) is 11.6 Å². The van der Waals surface area contributed by atoms with E-state index in [4.69, 9.17) is 56.5 Å². The van der Waals surface area contributed by atoms with E-state index in [0.717, 1.165) is 32.4 Å². The maximum absolute atomic E-state index is 6.15. The molecule has 120 valence electrons. The smallest absolute Gasteiger partial charge is 0.264 e. The molecule has 1 aromatic carbocycles. The Bertz CT molecular complexity index is 576. The zero-order chi connectivity index (χ0) is 15.7. The van der Waals surface area contributed by atoms with Gasteiger partial charge in [-0.2, -0.15) is 0 Å². The van der Waals surface area contributed by atoms with E-state index in [1.807, 2.05) is 0 Å². The summed E-state index contributed by atoms with van der Waals surface area (Å²) in [6, 6.07) is 5.26. The van der Waals surface area contributed by atoms with Crippen LogP contribution in [-0.4, -0.2) is 34.1 Å². The molecule has 1 aromatic rings. The van der Waals surface area contributed by atoms with Crippen LogP contribution in [0.2, 0.25) is 5.02 Å². The number of alkyl halides is 2. The van der Waals surface area contributed by atoms with Crippen LogP contribution in [0.25, 0.3) is 0 Å². The zero-order valence-electron chi connectivity index (χ0n) is 11.9. The molecule has 0 bridgehead atoms. The summed E-state index contributed by atoms with van der Waals surface area (Å²) in [5.41, 5.74) is 0. The van der Waals surface area contributed by atoms with Crippen LogP contribution in [-0.2, 0) is 0 Å². The van der Waals surface area contributed by atoms with Crippen LogP contribution in [0, 0.1) is 5.92 Å². The number of ether oxygens (including phenoxy) is 2. The van der Waals surface area contributed by atoms with Gasteiger partial charge >= 0.3 is 0 Å². The lowest BCUT2D eigenvalue weighted by molar-refractivity contribution is 0.297. The molecule has 2 aliphatic rings. The van der Waals surface area contributed by atoms with Gasteiger partial charge in [0, 0.05) is 25.1 Å². The van der Waals surface area contributed by atoms with Crippen molar-refractivity contribution in [3.63, 3.8) is 0 Å². The maximum atomic E-state index is 6.15. The molecule has 1 unspecified atom stereocenters. The van der Waals surface area contributed by atoms with E-state index in [2.05, 4.69) is 4.90 Å². The Kier molecular flexibility index (Phi) is 4.93. The van der Waals surface area contributed by atoms with Gasteiger partial charge in [-0.25, -0.2) is 0 Å². The van der Waals surface area contributed by atoms with E-state index < -0.39 is 4.33 Å². The number of thiocarbonyl (C=S) groups is 1. The molecular weight excluding hydrogens is 365 g/mol. The van der Waals surface area contributed by atoms with Gasteiger partial charge in [-0.3, -0.25) is 0 Å². The topological polar surface area (TPSA) is 21.7 Å². The summed E-state index contributed by atoms with van der Waals surface area (Å²) in [4.78, 5) is 2.06. The van der Waals surface area contributed by atoms with Gasteiger partial charge in [-0.1, -0.05) is 11.6 Å². The minimum atomic E-state index is -0.655. The van der Waals surface area contributed by atoms with Crippen LogP contribution in [0.4, 0.5) is 0 Å². The molecule has 1 heterocycles. The van der Waals surface area contributed by atoms with Gasteiger partial charge in [0.25, 0.3) is 5.17 Å². The first-order chi connectivity index (χ1) is 10.5. The third-order valence-corrected chi connectivity index (χ3v) is 5.45. The summed E-state index contributed by atoms with van der Waals surface area (Å²) in [7, 11) is 0. The number of hydrogen-bond donors (Lipinski definition) is 0. The highest BCUT2D eigenvalue weighted by molar-refractivity contribution is 7.80. The Morgan fingerprint density at radius 1 is 1.32 bits per heavy atom. The summed E-state index contributed by atoms with van der Waals surface area (Å²) in [5.74, 6) is 1.32. The fourth-order valence-electron chi connectivity index (χ4n) is 2.36. The molecule has 7 heteroatoms. The molecule has 0 aromatic heterocycles. The van der Waals surface area contributed by atoms with E-state index in [0.29, 0.717) is 28.3 Å². The van der Waals surface area contributed by atoms with Gasteiger partial charge in [-0.15, -0.1) is 23.2 Å². The van der Waals surface area contributed by atoms with Gasteiger partial charge in [0.15, 0.2) is 0 Å². The van der Waals surface area contributed by atoms with Crippen molar-refractivity contribution in [3.05, 3.63) is 23.2 Å². The van der Waals surface area contributed by atoms with Crippen molar-refractivity contribution in [1.82, 2.24) is 4.90 Å². The summed E-state index contributed by atoms with van der Waals surface area (Å²) < 4.78 is 10.8. The monoisotopic (exact) mass is 379 g/mol. The van der Waals surface area contributed by atoms with Crippen LogP contribution in [0.1, 0.15) is 19.3 Å². The molecule has 3 nitrogen and oxygen atoms in total. The Balaban J connectivity index is 1.60. The van der Waals surface area contributed by atoms with E-state index in [1.165, 1.54) is 0 Å². The lowest BCUT2D eigenvalue weighted by atomic mass is 10.3. The van der Waals surface area contributed by atoms with Crippen LogP contribution in [0.5, 0.6) is 11.5 Å². The first kappa shape index (κ1) is 16.4. The molecule has 1 atom stereocenters. The quantitative estimate of drug-likeness (QED) is 0.559. The normalized spacial score (nSPS) is 22.5. The Hall–Kier alpha value is -0.420.